The number of hydrogen-bond donors (Lipinski definition) is 0. The van der Waals surface area contributed by atoms with E-state index in [1.54, 1.807) is 6.20 Å². The molecule has 0 bridgehead atoms. The van der Waals surface area contributed by atoms with Crippen molar-refractivity contribution >= 4 is 13.2 Å². The molecule has 0 aliphatic carbocycles. The second kappa shape index (κ2) is 5.30. The Hall–Kier alpha value is -1.63. The standard InChI is InChI=1S/C14H17N/c1-11(2)14-13(4)8-6-5-7-12(3)9-10-15-14/h5-11H,3-4H2,1-2H3. The first-order valence-corrected chi connectivity index (χ1v) is 5.08. The minimum atomic E-state index is 0.378. The van der Waals surface area contributed by atoms with Gasteiger partial charge in [0, 0.05) is 11.9 Å². The summed E-state index contributed by atoms with van der Waals surface area (Å²) in [5.41, 5.74) is 1.02. The zero-order valence-electron chi connectivity index (χ0n) is 9.40. The molecule has 1 heteroatoms. The summed E-state index contributed by atoms with van der Waals surface area (Å²) in [5.74, 6) is 0.378. The van der Waals surface area contributed by atoms with Crippen molar-refractivity contribution in [2.24, 2.45) is 0 Å². The van der Waals surface area contributed by atoms with Crippen LogP contribution < -0.4 is 10.4 Å². The van der Waals surface area contributed by atoms with Gasteiger partial charge in [0.15, 0.2) is 0 Å². The molecule has 0 aliphatic rings. The van der Waals surface area contributed by atoms with E-state index in [4.69, 9.17) is 0 Å². The minimum absolute atomic E-state index is 0.378. The van der Waals surface area contributed by atoms with Gasteiger partial charge in [-0.1, -0.05) is 51.3 Å². The van der Waals surface area contributed by atoms with Gasteiger partial charge in [0.05, 0.1) is 0 Å². The normalized spacial score (nSPS) is 9.80. The van der Waals surface area contributed by atoms with Crippen LogP contribution in [0.5, 0.6) is 0 Å². The molecular weight excluding hydrogens is 182 g/mol. The third kappa shape index (κ3) is 3.55. The summed E-state index contributed by atoms with van der Waals surface area (Å²) in [7, 11) is 0. The fraction of sp³-hybridized carbons (Fsp3) is 0.214. The molecule has 0 saturated carbocycles. The van der Waals surface area contributed by atoms with Crippen LogP contribution in [-0.4, -0.2) is 4.98 Å². The Balaban J connectivity index is 3.50. The van der Waals surface area contributed by atoms with Gasteiger partial charge >= 0.3 is 0 Å². The molecule has 0 amide bonds. The van der Waals surface area contributed by atoms with Crippen molar-refractivity contribution in [3.05, 3.63) is 52.7 Å². The quantitative estimate of drug-likeness (QED) is 0.675. The van der Waals surface area contributed by atoms with Gasteiger partial charge in [0.1, 0.15) is 0 Å². The van der Waals surface area contributed by atoms with Crippen molar-refractivity contribution in [2.45, 2.75) is 19.8 Å². The zero-order valence-corrected chi connectivity index (χ0v) is 9.40. The maximum Gasteiger partial charge on any atom is 0.0495 e. The molecule has 1 rings (SSSR count). The van der Waals surface area contributed by atoms with Gasteiger partial charge in [-0.25, -0.2) is 0 Å². The Bertz CT molecular complexity index is 473. The van der Waals surface area contributed by atoms with Crippen LogP contribution in [0.1, 0.15) is 25.5 Å². The maximum absolute atomic E-state index is 4.41. The van der Waals surface area contributed by atoms with Crippen LogP contribution in [0.3, 0.4) is 0 Å². The molecule has 78 valence electrons. The molecule has 1 nitrogen and oxygen atoms in total. The first-order chi connectivity index (χ1) is 7.11. The van der Waals surface area contributed by atoms with Crippen molar-refractivity contribution in [3.8, 4) is 0 Å². The van der Waals surface area contributed by atoms with Gasteiger partial charge in [-0.3, -0.25) is 4.98 Å². The molecule has 0 radical (unpaired) electrons. The highest BCUT2D eigenvalue weighted by Gasteiger charge is 1.97. The fourth-order valence-electron chi connectivity index (χ4n) is 1.31. The van der Waals surface area contributed by atoms with Crippen molar-refractivity contribution in [1.29, 1.82) is 0 Å². The van der Waals surface area contributed by atoms with Gasteiger partial charge in [-0.15, -0.1) is 0 Å². The van der Waals surface area contributed by atoms with Gasteiger partial charge < -0.3 is 0 Å². The predicted octanol–water partition coefficient (Wildman–Crippen LogP) is 2.15. The second-order valence-electron chi connectivity index (χ2n) is 3.80. The molecule has 0 unspecified atom stereocenters. The third-order valence-corrected chi connectivity index (χ3v) is 2.10. The van der Waals surface area contributed by atoms with E-state index in [2.05, 4.69) is 32.0 Å². The fourth-order valence-corrected chi connectivity index (χ4v) is 1.31. The Kier molecular flexibility index (Phi) is 4.04. The summed E-state index contributed by atoms with van der Waals surface area (Å²) in [6.07, 6.45) is 1.78. The monoisotopic (exact) mass is 199 g/mol. The van der Waals surface area contributed by atoms with Crippen LogP contribution >= 0.6 is 0 Å². The molecule has 1 aromatic heterocycles. The lowest BCUT2D eigenvalue weighted by atomic mass is 10.1. The molecule has 0 aromatic carbocycles. The van der Waals surface area contributed by atoms with E-state index in [9.17, 15) is 0 Å². The van der Waals surface area contributed by atoms with Crippen molar-refractivity contribution < 1.29 is 0 Å². The number of hydrogen-bond acceptors (Lipinski definition) is 1. The summed E-state index contributed by atoms with van der Waals surface area (Å²) in [6, 6.07) is 9.73. The second-order valence-corrected chi connectivity index (χ2v) is 3.80. The highest BCUT2D eigenvalue weighted by Crippen LogP contribution is 2.02. The summed E-state index contributed by atoms with van der Waals surface area (Å²) >= 11 is 0. The van der Waals surface area contributed by atoms with Crippen LogP contribution in [0.15, 0.2) is 36.5 Å². The first kappa shape index (κ1) is 11.4. The Morgan fingerprint density at radius 1 is 1.07 bits per heavy atom. The molecule has 0 spiro atoms. The largest absolute Gasteiger partial charge is 0.260 e. The first-order valence-electron chi connectivity index (χ1n) is 5.08. The lowest BCUT2D eigenvalue weighted by Gasteiger charge is -2.00. The zero-order chi connectivity index (χ0) is 11.3. The van der Waals surface area contributed by atoms with Gasteiger partial charge in [0.2, 0.25) is 0 Å². The number of aromatic nitrogens is 1. The maximum atomic E-state index is 4.41. The van der Waals surface area contributed by atoms with Gasteiger partial charge in [0.25, 0.3) is 0 Å². The lowest BCUT2D eigenvalue weighted by molar-refractivity contribution is 0.817. The van der Waals surface area contributed by atoms with Crippen LogP contribution in [0.2, 0.25) is 0 Å². The topological polar surface area (TPSA) is 12.9 Å². The van der Waals surface area contributed by atoms with E-state index in [0.717, 1.165) is 16.1 Å². The number of nitrogens with zero attached hydrogens (tertiary/aromatic N) is 1. The molecule has 1 heterocycles. The lowest BCUT2D eigenvalue weighted by Crippen LogP contribution is -2.08. The van der Waals surface area contributed by atoms with Crippen LogP contribution in [0.25, 0.3) is 13.2 Å². The summed E-state index contributed by atoms with van der Waals surface area (Å²) in [5, 5.41) is 1.91. The molecule has 0 aliphatic heterocycles. The van der Waals surface area contributed by atoms with Gasteiger partial charge in [-0.05, 0) is 22.4 Å². The average Bonchev–Trinajstić information content (AvgIpc) is 2.18. The Morgan fingerprint density at radius 2 is 1.73 bits per heavy atom. The van der Waals surface area contributed by atoms with Gasteiger partial charge in [-0.2, -0.15) is 0 Å². The van der Waals surface area contributed by atoms with Crippen molar-refractivity contribution in [3.63, 3.8) is 0 Å². The third-order valence-electron chi connectivity index (χ3n) is 2.10. The summed E-state index contributed by atoms with van der Waals surface area (Å²) < 4.78 is 0. The SMILES string of the molecule is C=c1ccccc(=C)c(C(C)C)ncc1. The van der Waals surface area contributed by atoms with E-state index >= 15 is 0 Å². The summed E-state index contributed by atoms with van der Waals surface area (Å²) in [4.78, 5) is 4.41. The van der Waals surface area contributed by atoms with Crippen LogP contribution in [-0.2, 0) is 0 Å². The molecule has 1 aromatic rings. The van der Waals surface area contributed by atoms with E-state index in [1.165, 1.54) is 0 Å². The molecule has 15 heavy (non-hydrogen) atoms. The van der Waals surface area contributed by atoms with E-state index in [-0.39, 0.29) is 0 Å². The molecular formula is C14H17N. The molecule has 0 atom stereocenters. The Morgan fingerprint density at radius 3 is 2.40 bits per heavy atom. The van der Waals surface area contributed by atoms with Crippen LogP contribution in [0, 0.1) is 0 Å². The highest BCUT2D eigenvalue weighted by molar-refractivity contribution is 5.15. The molecule has 0 saturated heterocycles. The highest BCUT2D eigenvalue weighted by atomic mass is 14.7. The Labute approximate surface area is 91.1 Å². The van der Waals surface area contributed by atoms with E-state index in [0.29, 0.717) is 5.92 Å². The predicted molar refractivity (Wildman–Crippen MR) is 66.2 cm³/mol. The number of rotatable bonds is 1. The van der Waals surface area contributed by atoms with E-state index < -0.39 is 0 Å². The van der Waals surface area contributed by atoms with E-state index in [1.807, 2.05) is 30.3 Å². The molecule has 0 fully saturated rings. The molecule has 0 N–H and O–H groups in total. The summed E-state index contributed by atoms with van der Waals surface area (Å²) in [6.45, 7) is 12.1. The van der Waals surface area contributed by atoms with Crippen LogP contribution in [0.4, 0.5) is 0 Å². The minimum Gasteiger partial charge on any atom is -0.260 e. The van der Waals surface area contributed by atoms with Crippen molar-refractivity contribution in [1.82, 2.24) is 4.98 Å². The average molecular weight is 199 g/mol. The van der Waals surface area contributed by atoms with Crippen molar-refractivity contribution in [2.75, 3.05) is 0 Å². The smallest absolute Gasteiger partial charge is 0.0495 e.